The van der Waals surface area contributed by atoms with Crippen molar-refractivity contribution in [2.45, 2.75) is 18.9 Å². The second-order valence-corrected chi connectivity index (χ2v) is 5.87. The molecular weight excluding hydrogens is 341 g/mol. The molecule has 1 aromatic carbocycles. The fourth-order valence-electron chi connectivity index (χ4n) is 2.05. The Hall–Kier alpha value is -1.56. The minimum Gasteiger partial charge on any atom is -0.452 e. The monoisotopic (exact) mass is 357 g/mol. The molecule has 0 unspecified atom stereocenters. The number of benzene rings is 1. The highest BCUT2D eigenvalue weighted by Gasteiger charge is 2.16. The zero-order valence-corrected chi connectivity index (χ0v) is 13.9. The Morgan fingerprint density at radius 3 is 2.87 bits per heavy atom. The van der Waals surface area contributed by atoms with Crippen LogP contribution in [0.25, 0.3) is 6.08 Å². The zero-order valence-electron chi connectivity index (χ0n) is 12.4. The van der Waals surface area contributed by atoms with Crippen molar-refractivity contribution in [3.05, 3.63) is 39.9 Å². The van der Waals surface area contributed by atoms with Crippen LogP contribution in [0, 0.1) is 0 Å². The molecule has 5 nitrogen and oxygen atoms in total. The number of hydrogen-bond acceptors (Lipinski definition) is 4. The lowest BCUT2D eigenvalue weighted by Gasteiger charge is -2.10. The van der Waals surface area contributed by atoms with Gasteiger partial charge in [-0.2, -0.15) is 0 Å². The molecule has 1 atom stereocenters. The van der Waals surface area contributed by atoms with Crippen LogP contribution in [0.1, 0.15) is 18.4 Å². The minimum atomic E-state index is -0.608. The highest BCUT2D eigenvalue weighted by Crippen LogP contribution is 2.23. The third-order valence-electron chi connectivity index (χ3n) is 3.25. The molecule has 7 heteroatoms. The molecule has 1 amide bonds. The molecule has 1 aliphatic rings. The Labute approximate surface area is 144 Å². The maximum Gasteiger partial charge on any atom is 0.331 e. The molecule has 1 N–H and O–H groups in total. The number of nitrogens with one attached hydrogen (secondary N) is 1. The summed E-state index contributed by atoms with van der Waals surface area (Å²) in [7, 11) is 0. The Kier molecular flexibility index (Phi) is 6.89. The van der Waals surface area contributed by atoms with Crippen LogP contribution in [0.3, 0.4) is 0 Å². The Morgan fingerprint density at radius 1 is 1.35 bits per heavy atom. The normalized spacial score (nSPS) is 17.4. The van der Waals surface area contributed by atoms with Crippen molar-refractivity contribution in [1.82, 2.24) is 5.32 Å². The molecular formula is C16H17Cl2NO4. The van der Waals surface area contributed by atoms with Crippen LogP contribution in [-0.2, 0) is 19.1 Å². The second kappa shape index (κ2) is 8.91. The first-order valence-corrected chi connectivity index (χ1v) is 7.98. The maximum absolute atomic E-state index is 11.6. The van der Waals surface area contributed by atoms with E-state index >= 15 is 0 Å². The van der Waals surface area contributed by atoms with Gasteiger partial charge in [0.1, 0.15) is 0 Å². The average molecular weight is 358 g/mol. The van der Waals surface area contributed by atoms with Gasteiger partial charge in [0.25, 0.3) is 5.91 Å². The topological polar surface area (TPSA) is 64.6 Å². The summed E-state index contributed by atoms with van der Waals surface area (Å²) in [5, 5.41) is 3.51. The van der Waals surface area contributed by atoms with Gasteiger partial charge >= 0.3 is 5.97 Å². The third-order valence-corrected chi connectivity index (χ3v) is 3.99. The fraction of sp³-hybridized carbons (Fsp3) is 0.375. The standard InChI is InChI=1S/C16H17Cl2NO4/c17-13-5-3-11(8-14(13)18)4-6-16(21)23-10-15(20)19-9-12-2-1-7-22-12/h3-6,8,12H,1-2,7,9-10H2,(H,19,20)/b6-4+/t12-/m0/s1. The summed E-state index contributed by atoms with van der Waals surface area (Å²) in [5.41, 5.74) is 0.708. The number of carbonyl (C=O) groups is 2. The summed E-state index contributed by atoms with van der Waals surface area (Å²) < 4.78 is 10.2. The number of ether oxygens (including phenoxy) is 2. The van der Waals surface area contributed by atoms with E-state index in [1.54, 1.807) is 18.2 Å². The van der Waals surface area contributed by atoms with E-state index in [0.29, 0.717) is 22.2 Å². The van der Waals surface area contributed by atoms with Crippen molar-refractivity contribution in [2.75, 3.05) is 19.8 Å². The lowest BCUT2D eigenvalue weighted by atomic mass is 10.2. The van der Waals surface area contributed by atoms with Crippen LogP contribution >= 0.6 is 23.2 Å². The van der Waals surface area contributed by atoms with Crippen molar-refractivity contribution in [3.8, 4) is 0 Å². The minimum absolute atomic E-state index is 0.0594. The van der Waals surface area contributed by atoms with E-state index in [9.17, 15) is 9.59 Å². The van der Waals surface area contributed by atoms with Gasteiger partial charge in [0.2, 0.25) is 0 Å². The smallest absolute Gasteiger partial charge is 0.331 e. The van der Waals surface area contributed by atoms with Crippen LogP contribution < -0.4 is 5.32 Å². The summed E-state index contributed by atoms with van der Waals surface area (Å²) in [6, 6.07) is 4.97. The second-order valence-electron chi connectivity index (χ2n) is 5.05. The molecule has 124 valence electrons. The Balaban J connectivity index is 1.70. The number of rotatable bonds is 6. The molecule has 1 aliphatic heterocycles. The lowest BCUT2D eigenvalue weighted by Crippen LogP contribution is -2.34. The van der Waals surface area contributed by atoms with Gasteiger partial charge in [-0.15, -0.1) is 0 Å². The molecule has 2 rings (SSSR count). The molecule has 0 aliphatic carbocycles. The summed E-state index contributed by atoms with van der Waals surface area (Å²) >= 11 is 11.7. The molecule has 23 heavy (non-hydrogen) atoms. The van der Waals surface area contributed by atoms with Gasteiger partial charge in [0.05, 0.1) is 16.1 Å². The molecule has 0 radical (unpaired) electrons. The van der Waals surface area contributed by atoms with Crippen molar-refractivity contribution in [2.24, 2.45) is 0 Å². The van der Waals surface area contributed by atoms with Crippen molar-refractivity contribution in [1.29, 1.82) is 0 Å². The molecule has 0 aromatic heterocycles. The van der Waals surface area contributed by atoms with E-state index in [1.165, 1.54) is 12.2 Å². The first-order chi connectivity index (χ1) is 11.0. The highest BCUT2D eigenvalue weighted by atomic mass is 35.5. The maximum atomic E-state index is 11.6. The van der Waals surface area contributed by atoms with Crippen LogP contribution in [0.5, 0.6) is 0 Å². The molecule has 0 bridgehead atoms. The van der Waals surface area contributed by atoms with Gasteiger partial charge in [0.15, 0.2) is 6.61 Å². The summed E-state index contributed by atoms with van der Waals surface area (Å²) in [6.07, 6.45) is 4.77. The summed E-state index contributed by atoms with van der Waals surface area (Å²) in [6.45, 7) is 0.849. The van der Waals surface area contributed by atoms with E-state index < -0.39 is 5.97 Å². The molecule has 0 saturated carbocycles. The number of hydrogen-bond donors (Lipinski definition) is 1. The largest absolute Gasteiger partial charge is 0.452 e. The third kappa shape index (κ3) is 6.22. The molecule has 0 spiro atoms. The number of esters is 1. The first-order valence-electron chi connectivity index (χ1n) is 7.23. The van der Waals surface area contributed by atoms with Crippen LogP contribution in [0.4, 0.5) is 0 Å². The molecule has 1 saturated heterocycles. The summed E-state index contributed by atoms with van der Waals surface area (Å²) in [5.74, 6) is -0.958. The van der Waals surface area contributed by atoms with Crippen LogP contribution in [-0.4, -0.2) is 37.7 Å². The van der Waals surface area contributed by atoms with E-state index in [-0.39, 0.29) is 18.6 Å². The Bertz CT molecular complexity index is 598. The van der Waals surface area contributed by atoms with E-state index in [4.69, 9.17) is 32.7 Å². The number of carbonyl (C=O) groups excluding carboxylic acids is 2. The van der Waals surface area contributed by atoms with Gasteiger partial charge in [-0.1, -0.05) is 29.3 Å². The molecule has 1 fully saturated rings. The van der Waals surface area contributed by atoms with Gasteiger partial charge in [-0.25, -0.2) is 4.79 Å². The van der Waals surface area contributed by atoms with Crippen molar-refractivity contribution >= 4 is 41.2 Å². The van der Waals surface area contributed by atoms with Crippen molar-refractivity contribution in [3.63, 3.8) is 0 Å². The van der Waals surface area contributed by atoms with Gasteiger partial charge in [-0.3, -0.25) is 4.79 Å². The quantitative estimate of drug-likeness (QED) is 0.627. The predicted octanol–water partition coefficient (Wildman–Crippen LogP) is 2.85. The first kappa shape index (κ1) is 17.8. The van der Waals surface area contributed by atoms with E-state index in [0.717, 1.165) is 19.4 Å². The van der Waals surface area contributed by atoms with Gasteiger partial charge < -0.3 is 14.8 Å². The zero-order chi connectivity index (χ0) is 16.7. The van der Waals surface area contributed by atoms with Crippen LogP contribution in [0.2, 0.25) is 10.0 Å². The molecule has 1 aromatic rings. The number of halogens is 2. The Morgan fingerprint density at radius 2 is 2.17 bits per heavy atom. The van der Waals surface area contributed by atoms with Crippen molar-refractivity contribution < 1.29 is 19.1 Å². The summed E-state index contributed by atoms with van der Waals surface area (Å²) in [4.78, 5) is 23.1. The van der Waals surface area contributed by atoms with E-state index in [1.807, 2.05) is 0 Å². The average Bonchev–Trinajstić information content (AvgIpc) is 3.05. The number of amides is 1. The molecule has 1 heterocycles. The van der Waals surface area contributed by atoms with E-state index in [2.05, 4.69) is 5.32 Å². The SMILES string of the molecule is O=C(COC(=O)/C=C/c1ccc(Cl)c(Cl)c1)NC[C@@H]1CCCO1. The van der Waals surface area contributed by atoms with Gasteiger partial charge in [0, 0.05) is 19.2 Å². The fourth-order valence-corrected chi connectivity index (χ4v) is 2.36. The van der Waals surface area contributed by atoms with Crippen LogP contribution in [0.15, 0.2) is 24.3 Å². The highest BCUT2D eigenvalue weighted by molar-refractivity contribution is 6.42. The predicted molar refractivity (Wildman–Crippen MR) is 88.4 cm³/mol. The lowest BCUT2D eigenvalue weighted by molar-refractivity contribution is -0.143. The van der Waals surface area contributed by atoms with Gasteiger partial charge in [-0.05, 0) is 36.6 Å².